The Morgan fingerprint density at radius 1 is 0.789 bits per heavy atom. The molecule has 0 aromatic carbocycles. The molecule has 0 aliphatic carbocycles. The number of nitrogens with zero attached hydrogens (tertiary/aromatic N) is 3. The second-order valence-corrected chi connectivity index (χ2v) is 6.32. The van der Waals surface area contributed by atoms with Crippen LogP contribution in [-0.4, -0.2) is 24.1 Å². The van der Waals surface area contributed by atoms with Crippen molar-refractivity contribution < 1.29 is 0 Å². The zero-order valence-electron chi connectivity index (χ0n) is 9.94. The van der Waals surface area contributed by atoms with Crippen molar-refractivity contribution >= 4 is 53.5 Å². The number of pyridine rings is 2. The van der Waals surface area contributed by atoms with Gasteiger partial charge in [0.05, 0.1) is 11.9 Å². The maximum atomic E-state index is 4.02. The SMILES string of the molecule is Brc1cncc(Br)c1.C.CN(C)c1cncc(Br)c1. The monoisotopic (exact) mass is 451 g/mol. The predicted octanol–water partition coefficient (Wildman–Crippen LogP) is 5.15. The molecular formula is C13H16Br3N3. The molecule has 104 valence electrons. The summed E-state index contributed by atoms with van der Waals surface area (Å²) in [5.74, 6) is 0. The molecule has 0 saturated carbocycles. The summed E-state index contributed by atoms with van der Waals surface area (Å²) in [5.41, 5.74) is 1.11. The molecule has 6 heteroatoms. The number of anilines is 1. The van der Waals surface area contributed by atoms with Crippen molar-refractivity contribution in [3.05, 3.63) is 50.3 Å². The Morgan fingerprint density at radius 2 is 1.21 bits per heavy atom. The van der Waals surface area contributed by atoms with Crippen LogP contribution < -0.4 is 4.90 Å². The third kappa shape index (κ3) is 7.64. The van der Waals surface area contributed by atoms with Gasteiger partial charge in [-0.1, -0.05) is 7.43 Å². The Morgan fingerprint density at radius 3 is 1.47 bits per heavy atom. The van der Waals surface area contributed by atoms with Crippen LogP contribution >= 0.6 is 47.8 Å². The van der Waals surface area contributed by atoms with E-state index in [-0.39, 0.29) is 7.43 Å². The van der Waals surface area contributed by atoms with Crippen LogP contribution in [0.1, 0.15) is 7.43 Å². The molecule has 0 unspecified atom stereocenters. The van der Waals surface area contributed by atoms with E-state index in [4.69, 9.17) is 0 Å². The van der Waals surface area contributed by atoms with Crippen LogP contribution in [0.5, 0.6) is 0 Å². The van der Waals surface area contributed by atoms with Gasteiger partial charge in [0.1, 0.15) is 0 Å². The average molecular weight is 454 g/mol. The lowest BCUT2D eigenvalue weighted by Gasteiger charge is -2.10. The lowest BCUT2D eigenvalue weighted by Crippen LogP contribution is -2.08. The normalized spacial score (nSPS) is 8.89. The Balaban J connectivity index is 0.000000331. The molecule has 0 spiro atoms. The van der Waals surface area contributed by atoms with Crippen molar-refractivity contribution in [2.75, 3.05) is 19.0 Å². The van der Waals surface area contributed by atoms with Gasteiger partial charge in [-0.3, -0.25) is 9.97 Å². The number of rotatable bonds is 1. The van der Waals surface area contributed by atoms with Crippen LogP contribution in [0.2, 0.25) is 0 Å². The summed E-state index contributed by atoms with van der Waals surface area (Å²) in [6.45, 7) is 0. The first-order chi connectivity index (χ1) is 8.49. The van der Waals surface area contributed by atoms with Crippen LogP contribution in [0.3, 0.4) is 0 Å². The summed E-state index contributed by atoms with van der Waals surface area (Å²) in [7, 11) is 3.98. The highest BCUT2D eigenvalue weighted by Gasteiger charge is 1.94. The lowest BCUT2D eigenvalue weighted by molar-refractivity contribution is 1.11. The van der Waals surface area contributed by atoms with E-state index < -0.39 is 0 Å². The van der Waals surface area contributed by atoms with Gasteiger partial charge in [-0.25, -0.2) is 0 Å². The van der Waals surface area contributed by atoms with E-state index in [1.54, 1.807) is 18.6 Å². The molecule has 0 aliphatic rings. The summed E-state index contributed by atoms with van der Waals surface area (Å²) in [6.07, 6.45) is 7.08. The minimum atomic E-state index is 0. The number of halogens is 3. The summed E-state index contributed by atoms with van der Waals surface area (Å²) < 4.78 is 3.00. The smallest absolute Gasteiger partial charge is 0.0558 e. The molecule has 2 aromatic rings. The number of aromatic nitrogens is 2. The van der Waals surface area contributed by atoms with Gasteiger partial charge >= 0.3 is 0 Å². The molecule has 3 nitrogen and oxygen atoms in total. The first kappa shape index (κ1) is 18.5. The number of hydrogen-bond donors (Lipinski definition) is 0. The van der Waals surface area contributed by atoms with E-state index in [0.717, 1.165) is 19.1 Å². The largest absolute Gasteiger partial charge is 0.376 e. The minimum absolute atomic E-state index is 0. The maximum Gasteiger partial charge on any atom is 0.0558 e. The molecule has 0 aliphatic heterocycles. The molecule has 2 heterocycles. The fraction of sp³-hybridized carbons (Fsp3) is 0.231. The molecule has 0 saturated heterocycles. The van der Waals surface area contributed by atoms with E-state index >= 15 is 0 Å². The van der Waals surface area contributed by atoms with Crippen molar-refractivity contribution in [3.63, 3.8) is 0 Å². The molecule has 0 atom stereocenters. The summed E-state index contributed by atoms with van der Waals surface area (Å²) in [5, 5.41) is 0. The van der Waals surface area contributed by atoms with Crippen LogP contribution in [0, 0.1) is 0 Å². The second-order valence-electron chi connectivity index (χ2n) is 3.58. The van der Waals surface area contributed by atoms with Crippen molar-refractivity contribution in [1.29, 1.82) is 0 Å². The Labute approximate surface area is 139 Å². The summed E-state index contributed by atoms with van der Waals surface area (Å²) in [4.78, 5) is 9.92. The Kier molecular flexibility index (Phi) is 9.22. The zero-order chi connectivity index (χ0) is 13.5. The van der Waals surface area contributed by atoms with Gasteiger partial charge in [0.25, 0.3) is 0 Å². The van der Waals surface area contributed by atoms with Gasteiger partial charge in [-0.15, -0.1) is 0 Å². The van der Waals surface area contributed by atoms with Gasteiger partial charge in [0, 0.05) is 46.1 Å². The molecule has 0 N–H and O–H groups in total. The van der Waals surface area contributed by atoms with Crippen LogP contribution in [0.4, 0.5) is 5.69 Å². The van der Waals surface area contributed by atoms with Gasteiger partial charge in [-0.05, 0) is 59.9 Å². The van der Waals surface area contributed by atoms with Crippen molar-refractivity contribution in [2.45, 2.75) is 7.43 Å². The molecule has 2 aromatic heterocycles. The quantitative estimate of drug-likeness (QED) is 0.597. The molecule has 19 heavy (non-hydrogen) atoms. The minimum Gasteiger partial charge on any atom is -0.376 e. The van der Waals surface area contributed by atoms with Crippen molar-refractivity contribution in [2.24, 2.45) is 0 Å². The molecule has 0 amide bonds. The highest BCUT2D eigenvalue weighted by molar-refractivity contribution is 9.11. The van der Waals surface area contributed by atoms with E-state index in [1.807, 2.05) is 37.3 Å². The highest BCUT2D eigenvalue weighted by atomic mass is 79.9. The second kappa shape index (κ2) is 9.44. The van der Waals surface area contributed by atoms with E-state index in [0.29, 0.717) is 0 Å². The zero-order valence-corrected chi connectivity index (χ0v) is 14.7. The summed E-state index contributed by atoms with van der Waals surface area (Å²) in [6, 6.07) is 3.96. The van der Waals surface area contributed by atoms with Gasteiger partial charge in [0.2, 0.25) is 0 Å². The first-order valence-electron chi connectivity index (χ1n) is 5.03. The molecule has 0 fully saturated rings. The lowest BCUT2D eigenvalue weighted by atomic mass is 10.4. The van der Waals surface area contributed by atoms with E-state index in [1.165, 1.54) is 0 Å². The third-order valence-electron chi connectivity index (χ3n) is 1.88. The standard InChI is InChI=1S/C7H9BrN2.C5H3Br2N.CH4/c1-10(2)7-3-6(8)4-9-5-7;6-4-1-5(7)3-8-2-4;/h3-5H,1-2H3;1-3H;1H4. The summed E-state index contributed by atoms with van der Waals surface area (Å²) >= 11 is 9.88. The highest BCUT2D eigenvalue weighted by Crippen LogP contribution is 2.15. The average Bonchev–Trinajstić information content (AvgIpc) is 2.29. The topological polar surface area (TPSA) is 29.0 Å². The predicted molar refractivity (Wildman–Crippen MR) is 92.6 cm³/mol. The van der Waals surface area contributed by atoms with Crippen LogP contribution in [0.15, 0.2) is 50.3 Å². The van der Waals surface area contributed by atoms with Crippen molar-refractivity contribution in [1.82, 2.24) is 9.97 Å². The van der Waals surface area contributed by atoms with Crippen LogP contribution in [0.25, 0.3) is 0 Å². The number of hydrogen-bond acceptors (Lipinski definition) is 3. The van der Waals surface area contributed by atoms with Gasteiger partial charge in [0.15, 0.2) is 0 Å². The first-order valence-corrected chi connectivity index (χ1v) is 7.41. The van der Waals surface area contributed by atoms with E-state index in [9.17, 15) is 0 Å². The van der Waals surface area contributed by atoms with Gasteiger partial charge in [-0.2, -0.15) is 0 Å². The molecule has 0 radical (unpaired) electrons. The molecule has 2 rings (SSSR count). The Bertz CT molecular complexity index is 487. The molecular weight excluding hydrogens is 438 g/mol. The maximum absolute atomic E-state index is 4.02. The van der Waals surface area contributed by atoms with E-state index in [2.05, 4.69) is 57.8 Å². The molecule has 0 bridgehead atoms. The van der Waals surface area contributed by atoms with Crippen molar-refractivity contribution in [3.8, 4) is 0 Å². The third-order valence-corrected chi connectivity index (χ3v) is 3.18. The fourth-order valence-electron chi connectivity index (χ4n) is 1.03. The fourth-order valence-corrected chi connectivity index (χ4v) is 2.42. The Hall–Kier alpha value is -0.460. The van der Waals surface area contributed by atoms with Gasteiger partial charge < -0.3 is 4.90 Å². The van der Waals surface area contributed by atoms with Crippen LogP contribution in [-0.2, 0) is 0 Å².